The Bertz CT molecular complexity index is 2630. The number of hydrogen-bond donors (Lipinski definition) is 40. The van der Waals surface area contributed by atoms with Gasteiger partial charge in [0.2, 0.25) is 0 Å². The molecule has 0 saturated heterocycles. The summed E-state index contributed by atoms with van der Waals surface area (Å²) in [6.45, 7) is 0. The van der Waals surface area contributed by atoms with Crippen LogP contribution in [0.4, 0.5) is 0 Å². The van der Waals surface area contributed by atoms with Crippen molar-refractivity contribution in [2.45, 2.75) is 244 Å². The molecule has 0 saturated carbocycles. The van der Waals surface area contributed by atoms with Crippen LogP contribution in [0, 0.1) is 0 Å². The number of hydrogen-bond acceptors (Lipinski definition) is 70. The maximum atomic E-state index is 9.95. The van der Waals surface area contributed by atoms with Crippen LogP contribution in [-0.4, -0.2) is 571 Å². The Balaban J connectivity index is -0.000000121. The van der Waals surface area contributed by atoms with Gasteiger partial charge in [-0.2, -0.15) is 0 Å². The summed E-state index contributed by atoms with van der Waals surface area (Å²) in [7, 11) is 0. The molecule has 0 unspecified atom stereocenters. The summed E-state index contributed by atoms with van der Waals surface area (Å²) >= 11 is 0. The topological polar surface area (TPSA) is 1380 Å². The van der Waals surface area contributed by atoms with Crippen LogP contribution in [0.1, 0.15) is 0 Å². The van der Waals surface area contributed by atoms with Gasteiger partial charge >= 0.3 is 68.5 Å². The van der Waals surface area contributed by atoms with Crippen LogP contribution in [0.5, 0.6) is 0 Å². The largest absolute Gasteiger partial charge is 2.00 e. The van der Waals surface area contributed by atoms with Crippen molar-refractivity contribution >= 4 is 123 Å². The normalized spacial score (nSPS) is 19.7. The Kier molecular flexibility index (Phi) is 89.7. The molecule has 40 N–H and O–H groups in total. The van der Waals surface area contributed by atoms with Crippen molar-refractivity contribution in [2.75, 3.05) is 0 Å². The molecule has 70 nitrogen and oxygen atoms in total. The fraction of sp³-hybridized carbons (Fsp3) is 0.667. The minimum Gasteiger partial charge on any atom is -0.547 e. The molecule has 0 heterocycles. The van der Waals surface area contributed by atoms with Gasteiger partial charge in [0.15, 0.2) is 62.9 Å². The zero-order valence-electron chi connectivity index (χ0n) is 65.3. The third-order valence-corrected chi connectivity index (χ3v) is 14.0. The predicted molar refractivity (Wildman–Crippen MR) is 351 cm³/mol. The number of rotatable bonds is 50. The van der Waals surface area contributed by atoms with E-state index in [0.29, 0.717) is 0 Å². The summed E-state index contributed by atoms with van der Waals surface area (Å²) in [6, 6.07) is 0. The molecule has 0 aliphatic rings. The van der Waals surface area contributed by atoms with Crippen molar-refractivity contribution in [2.24, 2.45) is 0 Å². The van der Waals surface area contributed by atoms with Crippen molar-refractivity contribution < 1.29 is 420 Å². The van der Waals surface area contributed by atoms with Gasteiger partial charge in [-0.25, -0.2) is 0 Å². The van der Waals surface area contributed by atoms with Gasteiger partial charge in [0, 0.05) is 0 Å². The SMILES string of the molecule is O=C[C@H](O)[C@@H](O)[C@@H](O)[C@H](O)C(=O)[O-].O=C[C@H](O)[C@@H](O)[C@@H](O)[C@H](O)C(=O)[O-].O=C[C@H](O)[C@@H](O)[C@@H](O)[C@H](O)C(=O)[O-].O=C[C@H](O)[C@@H](O)[C@@H](O)[C@H](O)C(=O)[O-].O=C[C@H](O)[C@@H](O)[C@@H](O)[C@H](O)C(=O)[O-].O=C[C@H](O)[C@@H](O)[C@@H](O)[C@H](O)C(=O)[O-].O=C[C@H](O)[C@@H](O)[C@@H](O)[C@H](O)C(=O)[O-].O=C[C@H](O)[C@@H](O)[C@@H](O)[C@H](O)C(=O)[O-].O=C[C@H](O)[C@@H](O)[C@@H](O)[C@H](O)C(=O)[O-].O=C[C@H](O)[C@@H](O)[C@@H](O)[C@H](O)C(=O)[O-].[Cu+2].[K+]. The number of carboxylic acids is 10. The van der Waals surface area contributed by atoms with Crippen LogP contribution in [0.25, 0.3) is 0 Å². The van der Waals surface area contributed by atoms with Crippen molar-refractivity contribution in [3.05, 3.63) is 0 Å². The molecular formula is C60H90CuKO70-7. The summed E-state index contributed by atoms with van der Waals surface area (Å²) in [4.78, 5) is 198. The van der Waals surface area contributed by atoms with E-state index in [1.165, 1.54) is 0 Å². The Morgan fingerprint density at radius 1 is 0.129 bits per heavy atom. The van der Waals surface area contributed by atoms with Crippen molar-refractivity contribution in [3.63, 3.8) is 0 Å². The summed E-state index contributed by atoms with van der Waals surface area (Å²) in [5, 5.41) is 448. The molecule has 0 amide bonds. The molecule has 0 aromatic rings. The van der Waals surface area contributed by atoms with Crippen LogP contribution in [0.3, 0.4) is 0 Å². The molecule has 40 atom stereocenters. The first-order valence-corrected chi connectivity index (χ1v) is 33.0. The van der Waals surface area contributed by atoms with E-state index in [1.807, 2.05) is 0 Å². The zero-order valence-corrected chi connectivity index (χ0v) is 69.4. The molecule has 0 aromatic heterocycles. The third kappa shape index (κ3) is 60.3. The third-order valence-electron chi connectivity index (χ3n) is 14.0. The smallest absolute Gasteiger partial charge is 0.547 e. The maximum absolute atomic E-state index is 9.95. The van der Waals surface area contributed by atoms with E-state index >= 15 is 0 Å². The maximum Gasteiger partial charge on any atom is 2.00 e. The van der Waals surface area contributed by atoms with Gasteiger partial charge in [-0.1, -0.05) is 0 Å². The standard InChI is InChI=1S/10C6H10O7.Cu.K/c10*7-1-2(8)3(9)4(10)5(11)6(12)13;;/h10*1-5,8-11H,(H,12,13);;/q;;;;;;;;;;+2;+1/p-10/t10*2-,3+,4+,5-;;/m0000000000../s1. The number of aliphatic carboxylic acids is 10. The first-order valence-electron chi connectivity index (χ1n) is 33.0. The predicted octanol–water partition coefficient (Wildman–Crippen LogP) is -49.2. The van der Waals surface area contributed by atoms with Crippen molar-refractivity contribution in [1.82, 2.24) is 0 Å². The number of carbonyl (C=O) groups is 20. The first-order chi connectivity index (χ1) is 59.1. The van der Waals surface area contributed by atoms with Gasteiger partial charge in [-0.15, -0.1) is 0 Å². The fourth-order valence-electron chi connectivity index (χ4n) is 6.09. The number of aldehydes is 10. The average Bonchev–Trinajstić information content (AvgIpc) is 0.955. The van der Waals surface area contributed by atoms with Gasteiger partial charge in [-0.05, 0) is 0 Å². The zero-order chi connectivity index (χ0) is 106. The van der Waals surface area contributed by atoms with E-state index in [1.54, 1.807) is 0 Å². The monoisotopic (exact) mass is 2030 g/mol. The second kappa shape index (κ2) is 79.2. The molecule has 72 heteroatoms. The Morgan fingerprint density at radius 2 is 0.174 bits per heavy atom. The van der Waals surface area contributed by atoms with Crippen molar-refractivity contribution in [1.29, 1.82) is 0 Å². The fourth-order valence-corrected chi connectivity index (χ4v) is 6.09. The summed E-state index contributed by atoms with van der Waals surface area (Å²) in [6.07, 6.45) is -86.5. The van der Waals surface area contributed by atoms with Crippen LogP contribution in [0.15, 0.2) is 0 Å². The number of aliphatic hydroxyl groups excluding tert-OH is 40. The summed E-state index contributed by atoms with van der Waals surface area (Å²) in [5.74, 6) is -20.1. The summed E-state index contributed by atoms with van der Waals surface area (Å²) in [5.41, 5.74) is 0. The Morgan fingerprint density at radius 3 is 0.205 bits per heavy atom. The molecule has 0 aromatic carbocycles. The first kappa shape index (κ1) is 150. The van der Waals surface area contributed by atoms with E-state index in [-0.39, 0.29) is 131 Å². The van der Waals surface area contributed by atoms with Crippen LogP contribution in [-0.2, 0) is 113 Å². The van der Waals surface area contributed by atoms with Crippen LogP contribution in [0.2, 0.25) is 0 Å². The average molecular weight is 2030 g/mol. The van der Waals surface area contributed by atoms with E-state index in [0.717, 1.165) is 0 Å². The molecule has 0 aliphatic heterocycles. The van der Waals surface area contributed by atoms with Gasteiger partial charge in [0.05, 0.1) is 59.7 Å². The molecule has 0 rings (SSSR count). The van der Waals surface area contributed by atoms with Gasteiger partial charge in [0.1, 0.15) is 244 Å². The second-order valence-corrected chi connectivity index (χ2v) is 23.7. The van der Waals surface area contributed by atoms with E-state index in [4.69, 9.17) is 204 Å². The number of carbonyl (C=O) groups excluding carboxylic acids is 20. The van der Waals surface area contributed by atoms with Gasteiger partial charge < -0.3 is 351 Å². The molecule has 132 heavy (non-hydrogen) atoms. The van der Waals surface area contributed by atoms with Gasteiger partial charge in [-0.3, -0.25) is 0 Å². The van der Waals surface area contributed by atoms with Crippen molar-refractivity contribution in [3.8, 4) is 0 Å². The molecule has 0 spiro atoms. The second-order valence-electron chi connectivity index (χ2n) is 23.7. The molecule has 0 fully saturated rings. The molecule has 769 valence electrons. The Labute approximate surface area is 782 Å². The molecule has 0 bridgehead atoms. The quantitative estimate of drug-likeness (QED) is 0.0199. The minimum absolute atomic E-state index is 0. The molecular weight excluding hydrogens is 1940 g/mol. The van der Waals surface area contributed by atoms with E-state index in [9.17, 15) is 147 Å². The Hall–Kier alpha value is -8.04. The molecule has 1 radical (unpaired) electrons. The van der Waals surface area contributed by atoms with Crippen LogP contribution >= 0.6 is 0 Å². The molecule has 0 aliphatic carbocycles. The van der Waals surface area contributed by atoms with Crippen LogP contribution < -0.4 is 102 Å². The minimum atomic E-state index is -2.36. The van der Waals surface area contributed by atoms with E-state index < -0.39 is 304 Å². The summed E-state index contributed by atoms with van der Waals surface area (Å²) < 4.78 is 0. The van der Waals surface area contributed by atoms with E-state index in [2.05, 4.69) is 0 Å². The van der Waals surface area contributed by atoms with Gasteiger partial charge in [0.25, 0.3) is 0 Å². The number of carboxylic acid groups (broad SMARTS) is 10. The number of aliphatic hydroxyl groups is 40.